The maximum absolute atomic E-state index is 4.64. The van der Waals surface area contributed by atoms with Crippen molar-refractivity contribution >= 4 is 21.7 Å². The largest absolute Gasteiger partial charge is 0.256 e. The monoisotopic (exact) mass is 487 g/mol. The minimum absolute atomic E-state index is 0.0376. The minimum Gasteiger partial charge on any atom is -0.256 e. The van der Waals surface area contributed by atoms with E-state index in [-0.39, 0.29) is 10.8 Å². The summed E-state index contributed by atoms with van der Waals surface area (Å²) in [5.74, 6) is 0. The Morgan fingerprint density at radius 2 is 1.16 bits per heavy atom. The third kappa shape index (κ3) is 2.74. The van der Waals surface area contributed by atoms with Crippen LogP contribution in [0.2, 0.25) is 0 Å². The Morgan fingerprint density at radius 3 is 1.97 bits per heavy atom. The molecule has 2 aliphatic rings. The Kier molecular flexibility index (Phi) is 4.13. The third-order valence-corrected chi connectivity index (χ3v) is 9.30. The van der Waals surface area contributed by atoms with Crippen LogP contribution in [0, 0.1) is 0 Å². The molecule has 0 saturated heterocycles. The quantitative estimate of drug-likeness (QED) is 0.225. The van der Waals surface area contributed by atoms with E-state index in [2.05, 4.69) is 124 Å². The summed E-state index contributed by atoms with van der Waals surface area (Å²) in [7, 11) is 0. The standard InChI is InChI=1S/C37H29N/c1-36(2)30-16-13-22-8-5-6-10-26(22)35(30)28-15-12-24(20-32(28)36)23-11-14-27-29-18-25-9-7-17-38-34(25)21-33(29)37(3,4)31(27)19-23/h5-21H,1-4H3. The molecule has 6 aromatic rings. The lowest BCUT2D eigenvalue weighted by atomic mass is 9.80. The molecule has 0 atom stereocenters. The van der Waals surface area contributed by atoms with Crippen LogP contribution in [0.4, 0.5) is 0 Å². The third-order valence-electron chi connectivity index (χ3n) is 9.30. The highest BCUT2D eigenvalue weighted by atomic mass is 14.6. The fourth-order valence-corrected chi connectivity index (χ4v) is 7.17. The zero-order valence-electron chi connectivity index (χ0n) is 22.3. The minimum atomic E-state index is -0.0719. The van der Waals surface area contributed by atoms with Crippen LogP contribution in [-0.2, 0) is 10.8 Å². The van der Waals surface area contributed by atoms with E-state index in [4.69, 9.17) is 0 Å². The number of nitrogens with zero attached hydrogens (tertiary/aromatic N) is 1. The van der Waals surface area contributed by atoms with Gasteiger partial charge in [0, 0.05) is 22.4 Å². The van der Waals surface area contributed by atoms with E-state index < -0.39 is 0 Å². The molecule has 2 aliphatic carbocycles. The van der Waals surface area contributed by atoms with Gasteiger partial charge in [-0.15, -0.1) is 0 Å². The summed E-state index contributed by atoms with van der Waals surface area (Å²) in [6.07, 6.45) is 1.89. The zero-order valence-corrected chi connectivity index (χ0v) is 22.3. The lowest BCUT2D eigenvalue weighted by molar-refractivity contribution is 0.660. The van der Waals surface area contributed by atoms with Gasteiger partial charge in [0.2, 0.25) is 0 Å². The van der Waals surface area contributed by atoms with Gasteiger partial charge in [-0.25, -0.2) is 0 Å². The highest BCUT2D eigenvalue weighted by Gasteiger charge is 2.38. The number of hydrogen-bond donors (Lipinski definition) is 0. The smallest absolute Gasteiger partial charge is 0.0705 e. The molecule has 38 heavy (non-hydrogen) atoms. The van der Waals surface area contributed by atoms with E-state index in [0.29, 0.717) is 0 Å². The number of fused-ring (bicyclic) bond motifs is 9. The van der Waals surface area contributed by atoms with Crippen molar-refractivity contribution < 1.29 is 0 Å². The van der Waals surface area contributed by atoms with Crippen molar-refractivity contribution in [3.8, 4) is 33.4 Å². The van der Waals surface area contributed by atoms with Gasteiger partial charge in [-0.1, -0.05) is 94.4 Å². The lowest BCUT2D eigenvalue weighted by Gasteiger charge is -2.23. The van der Waals surface area contributed by atoms with Crippen molar-refractivity contribution in [2.24, 2.45) is 0 Å². The summed E-state index contributed by atoms with van der Waals surface area (Å²) < 4.78 is 0. The molecule has 1 aromatic heterocycles. The van der Waals surface area contributed by atoms with Gasteiger partial charge < -0.3 is 0 Å². The van der Waals surface area contributed by atoms with Crippen molar-refractivity contribution in [3.05, 3.63) is 126 Å². The molecule has 0 bridgehead atoms. The number of benzene rings is 5. The Bertz CT molecular complexity index is 1970. The SMILES string of the molecule is CC1(C)c2cc(-c3ccc4c(c3)C(C)(C)c3ccc5ccccc5c3-4)ccc2-c2cc3cccnc3cc21. The molecule has 1 heteroatoms. The first kappa shape index (κ1) is 21.8. The summed E-state index contributed by atoms with van der Waals surface area (Å²) in [6, 6.07) is 36.4. The molecular formula is C37H29N. The van der Waals surface area contributed by atoms with Crippen molar-refractivity contribution in [2.45, 2.75) is 38.5 Å². The topological polar surface area (TPSA) is 12.9 Å². The number of pyridine rings is 1. The van der Waals surface area contributed by atoms with Gasteiger partial charge in [0.05, 0.1) is 5.52 Å². The maximum Gasteiger partial charge on any atom is 0.0705 e. The Hall–Kier alpha value is -4.23. The molecule has 0 unspecified atom stereocenters. The van der Waals surface area contributed by atoms with E-state index >= 15 is 0 Å². The Morgan fingerprint density at radius 1 is 0.500 bits per heavy atom. The second kappa shape index (κ2) is 7.20. The second-order valence-electron chi connectivity index (χ2n) is 12.1. The molecular weight excluding hydrogens is 458 g/mol. The molecule has 0 fully saturated rings. The highest BCUT2D eigenvalue weighted by Crippen LogP contribution is 2.53. The van der Waals surface area contributed by atoms with Crippen LogP contribution in [0.5, 0.6) is 0 Å². The van der Waals surface area contributed by atoms with Gasteiger partial charge in [-0.3, -0.25) is 4.98 Å². The van der Waals surface area contributed by atoms with Gasteiger partial charge in [0.1, 0.15) is 0 Å². The fourth-order valence-electron chi connectivity index (χ4n) is 7.17. The highest BCUT2D eigenvalue weighted by molar-refractivity contribution is 6.03. The normalized spacial score (nSPS) is 15.8. The second-order valence-corrected chi connectivity index (χ2v) is 12.1. The van der Waals surface area contributed by atoms with Crippen molar-refractivity contribution in [2.75, 3.05) is 0 Å². The Labute approximate surface area is 223 Å². The predicted molar refractivity (Wildman–Crippen MR) is 160 cm³/mol. The van der Waals surface area contributed by atoms with Crippen LogP contribution in [0.25, 0.3) is 55.1 Å². The van der Waals surface area contributed by atoms with Crippen molar-refractivity contribution in [3.63, 3.8) is 0 Å². The molecule has 5 aromatic carbocycles. The maximum atomic E-state index is 4.64. The van der Waals surface area contributed by atoms with Crippen LogP contribution in [0.1, 0.15) is 49.9 Å². The summed E-state index contributed by atoms with van der Waals surface area (Å²) in [5, 5.41) is 3.86. The molecule has 1 heterocycles. The molecule has 0 spiro atoms. The molecule has 0 aliphatic heterocycles. The predicted octanol–water partition coefficient (Wildman–Crippen LogP) is 9.67. The van der Waals surface area contributed by atoms with Crippen LogP contribution < -0.4 is 0 Å². The Balaban J connectivity index is 1.29. The van der Waals surface area contributed by atoms with E-state index in [1.54, 1.807) is 0 Å². The summed E-state index contributed by atoms with van der Waals surface area (Å²) in [4.78, 5) is 4.64. The van der Waals surface area contributed by atoms with Gasteiger partial charge in [-0.2, -0.15) is 0 Å². The summed E-state index contributed by atoms with van der Waals surface area (Å²) in [5.41, 5.74) is 14.6. The van der Waals surface area contributed by atoms with Gasteiger partial charge >= 0.3 is 0 Å². The van der Waals surface area contributed by atoms with Crippen LogP contribution in [-0.4, -0.2) is 4.98 Å². The number of rotatable bonds is 1. The summed E-state index contributed by atoms with van der Waals surface area (Å²) >= 11 is 0. The lowest BCUT2D eigenvalue weighted by Crippen LogP contribution is -2.15. The number of aromatic nitrogens is 1. The molecule has 1 nitrogen and oxygen atoms in total. The average Bonchev–Trinajstić information content (AvgIpc) is 3.30. The van der Waals surface area contributed by atoms with Gasteiger partial charge in [0.25, 0.3) is 0 Å². The van der Waals surface area contributed by atoms with Crippen LogP contribution in [0.15, 0.2) is 103 Å². The molecule has 0 saturated carbocycles. The molecule has 0 radical (unpaired) electrons. The zero-order chi connectivity index (χ0) is 25.8. The van der Waals surface area contributed by atoms with E-state index in [0.717, 1.165) is 5.52 Å². The van der Waals surface area contributed by atoms with Crippen LogP contribution >= 0.6 is 0 Å². The van der Waals surface area contributed by atoms with Crippen molar-refractivity contribution in [1.29, 1.82) is 0 Å². The van der Waals surface area contributed by atoms with Gasteiger partial charge in [-0.05, 0) is 96.7 Å². The first-order chi connectivity index (χ1) is 18.3. The van der Waals surface area contributed by atoms with E-state index in [1.165, 1.54) is 71.8 Å². The molecule has 8 rings (SSSR count). The average molecular weight is 488 g/mol. The van der Waals surface area contributed by atoms with Gasteiger partial charge in [0.15, 0.2) is 0 Å². The van der Waals surface area contributed by atoms with E-state index in [9.17, 15) is 0 Å². The molecule has 0 N–H and O–H groups in total. The fraction of sp³-hybridized carbons (Fsp3) is 0.162. The molecule has 182 valence electrons. The molecule has 0 amide bonds. The first-order valence-electron chi connectivity index (χ1n) is 13.6. The number of hydrogen-bond acceptors (Lipinski definition) is 1. The van der Waals surface area contributed by atoms with Crippen molar-refractivity contribution in [1.82, 2.24) is 4.98 Å². The van der Waals surface area contributed by atoms with Crippen LogP contribution in [0.3, 0.4) is 0 Å². The first-order valence-corrected chi connectivity index (χ1v) is 13.6. The van der Waals surface area contributed by atoms with E-state index in [1.807, 2.05) is 12.3 Å². The summed E-state index contributed by atoms with van der Waals surface area (Å²) in [6.45, 7) is 9.45.